The van der Waals surface area contributed by atoms with Gasteiger partial charge in [0.05, 0.1) is 36.6 Å². The number of rotatable bonds is 11. The molecular formula is C38H62N4O14S2. The molecule has 0 bridgehead atoms. The molecule has 8 atom stereocenters. The molecule has 0 aromatic heterocycles. The van der Waals surface area contributed by atoms with Crippen LogP contribution in [0.1, 0.15) is 85.6 Å². The van der Waals surface area contributed by atoms with E-state index in [9.17, 15) is 31.8 Å². The number of piperidine rings is 2. The van der Waals surface area contributed by atoms with Crippen molar-refractivity contribution in [1.29, 1.82) is 0 Å². The zero-order chi connectivity index (χ0) is 42.3. The summed E-state index contributed by atoms with van der Waals surface area (Å²) < 4.78 is 91.4. The molecule has 330 valence electrons. The minimum absolute atomic E-state index is 0.163. The molecule has 0 saturated carbocycles. The van der Waals surface area contributed by atoms with E-state index in [1.165, 1.54) is 8.61 Å². The van der Waals surface area contributed by atoms with E-state index in [4.69, 9.17) is 37.8 Å². The van der Waals surface area contributed by atoms with Gasteiger partial charge in [0.15, 0.2) is 0 Å². The van der Waals surface area contributed by atoms with E-state index in [1.807, 2.05) is 71.9 Å². The van der Waals surface area contributed by atoms with Crippen LogP contribution in [0.3, 0.4) is 0 Å². The van der Waals surface area contributed by atoms with Crippen LogP contribution in [-0.2, 0) is 59.3 Å². The SMILES string of the molecule is CC1(N)CCN(S(=O)(=O)OC[C@H]2O[C@@H]3CC(C)(C)O[C@@H]3[C@H]2O)CC1.CC1(NC(=O)OCc2ccccc2)CCN(S(=O)(=O)OC[C@H]2O[C@@H]3CC(C)(C)O[C@@H]3[C@H]2O)CC1. The van der Waals surface area contributed by atoms with Crippen molar-refractivity contribution in [1.82, 2.24) is 13.9 Å². The number of aliphatic hydroxyl groups is 2. The van der Waals surface area contributed by atoms with Crippen LogP contribution in [0.4, 0.5) is 4.79 Å². The lowest BCUT2D eigenvalue weighted by Gasteiger charge is -2.38. The molecule has 0 spiro atoms. The molecule has 6 aliphatic rings. The van der Waals surface area contributed by atoms with Crippen LogP contribution in [0, 0.1) is 0 Å². The molecule has 0 unspecified atom stereocenters. The minimum Gasteiger partial charge on any atom is -0.445 e. The second-order valence-electron chi connectivity index (χ2n) is 18.2. The smallest absolute Gasteiger partial charge is 0.407 e. The number of ether oxygens (including phenoxy) is 5. The standard InChI is InChI=1S/C23H34N2O8S.C15H28N2O6S/c1-22(2)13-17-20(33-22)19(26)18(32-17)15-31-34(28,29)25-11-9-23(3,10-12-25)24-21(27)30-14-16-7-5-4-6-8-16;1-14(2)8-10-13(23-14)12(18)11(22-10)9-21-24(19,20)17-6-4-15(3,16)5-7-17/h4-8,17-20,26H,9-15H2,1-3H3,(H,24,27);10-13,18H,4-9,16H2,1-3H3/t17-,18-,19+,20+;10-,11-,12+,13+/m11/s1. The molecule has 58 heavy (non-hydrogen) atoms. The summed E-state index contributed by atoms with van der Waals surface area (Å²) in [5, 5.41) is 23.6. The van der Waals surface area contributed by atoms with Gasteiger partial charge < -0.3 is 44.9 Å². The van der Waals surface area contributed by atoms with Crippen LogP contribution in [0.5, 0.6) is 0 Å². The first-order valence-corrected chi connectivity index (χ1v) is 22.8. The Labute approximate surface area is 342 Å². The molecule has 18 nitrogen and oxygen atoms in total. The number of carbonyl (C=O) groups is 1. The molecule has 20 heteroatoms. The van der Waals surface area contributed by atoms with Gasteiger partial charge in [-0.2, -0.15) is 25.4 Å². The van der Waals surface area contributed by atoms with Crippen molar-refractivity contribution in [2.75, 3.05) is 39.4 Å². The summed E-state index contributed by atoms with van der Waals surface area (Å²) in [6, 6.07) is 9.37. The van der Waals surface area contributed by atoms with Gasteiger partial charge in [-0.1, -0.05) is 30.3 Å². The van der Waals surface area contributed by atoms with E-state index in [0.29, 0.717) is 51.6 Å². The molecule has 6 saturated heterocycles. The molecule has 6 heterocycles. The minimum atomic E-state index is -4.01. The van der Waals surface area contributed by atoms with Crippen molar-refractivity contribution < 1.29 is 63.9 Å². The summed E-state index contributed by atoms with van der Waals surface area (Å²) in [6.07, 6.45) is -1.95. The third kappa shape index (κ3) is 11.3. The first-order valence-electron chi connectivity index (χ1n) is 20.1. The monoisotopic (exact) mass is 862 g/mol. The van der Waals surface area contributed by atoms with Gasteiger partial charge in [0.2, 0.25) is 0 Å². The molecule has 1 aromatic rings. The number of nitrogens with one attached hydrogen (secondary N) is 1. The normalized spacial score (nSPS) is 34.1. The lowest BCUT2D eigenvalue weighted by molar-refractivity contribution is -0.0783. The van der Waals surface area contributed by atoms with Gasteiger partial charge >= 0.3 is 26.7 Å². The predicted octanol–water partition coefficient (Wildman–Crippen LogP) is 1.48. The largest absolute Gasteiger partial charge is 0.445 e. The van der Waals surface area contributed by atoms with E-state index >= 15 is 0 Å². The van der Waals surface area contributed by atoms with Crippen molar-refractivity contribution in [3.8, 4) is 0 Å². The summed E-state index contributed by atoms with van der Waals surface area (Å²) in [5.74, 6) is 0. The molecule has 1 aromatic carbocycles. The average Bonchev–Trinajstić information content (AvgIpc) is 3.81. The summed E-state index contributed by atoms with van der Waals surface area (Å²) >= 11 is 0. The quantitative estimate of drug-likeness (QED) is 0.247. The number of hydrogen-bond donors (Lipinski definition) is 4. The molecule has 6 fully saturated rings. The van der Waals surface area contributed by atoms with Gasteiger partial charge in [0.25, 0.3) is 0 Å². The van der Waals surface area contributed by atoms with Crippen LogP contribution >= 0.6 is 0 Å². The fourth-order valence-electron chi connectivity index (χ4n) is 8.34. The summed E-state index contributed by atoms with van der Waals surface area (Å²) in [5.41, 5.74) is 5.26. The van der Waals surface area contributed by atoms with Crippen LogP contribution in [0.15, 0.2) is 30.3 Å². The van der Waals surface area contributed by atoms with E-state index in [-0.39, 0.29) is 61.9 Å². The van der Waals surface area contributed by atoms with Gasteiger partial charge in [0, 0.05) is 50.1 Å². The summed E-state index contributed by atoms with van der Waals surface area (Å²) in [6.45, 7) is 12.3. The summed E-state index contributed by atoms with van der Waals surface area (Å²) in [4.78, 5) is 12.2. The maximum absolute atomic E-state index is 12.7. The Kier molecular flexibility index (Phi) is 13.6. The Balaban J connectivity index is 0.000000208. The Morgan fingerprint density at radius 3 is 1.62 bits per heavy atom. The highest BCUT2D eigenvalue weighted by Gasteiger charge is 2.54. The Bertz CT molecular complexity index is 1780. The van der Waals surface area contributed by atoms with Crippen LogP contribution in [-0.4, -0.2) is 152 Å². The fraction of sp³-hybridized carbons (Fsp3) is 0.816. The maximum atomic E-state index is 12.7. The molecule has 0 aliphatic carbocycles. The maximum Gasteiger partial charge on any atom is 0.407 e. The number of fused-ring (bicyclic) bond motifs is 2. The Morgan fingerprint density at radius 1 is 0.759 bits per heavy atom. The van der Waals surface area contributed by atoms with E-state index in [2.05, 4.69) is 5.32 Å². The topological polar surface area (TPSA) is 235 Å². The van der Waals surface area contributed by atoms with Crippen molar-refractivity contribution in [3.05, 3.63) is 35.9 Å². The van der Waals surface area contributed by atoms with Gasteiger partial charge in [0.1, 0.15) is 43.2 Å². The van der Waals surface area contributed by atoms with Crippen molar-refractivity contribution in [3.63, 3.8) is 0 Å². The number of aliphatic hydroxyl groups excluding tert-OH is 2. The zero-order valence-corrected chi connectivity index (χ0v) is 35.9. The second kappa shape index (κ2) is 17.4. The number of nitrogens with zero attached hydrogens (tertiary/aromatic N) is 2. The molecule has 5 N–H and O–H groups in total. The summed E-state index contributed by atoms with van der Waals surface area (Å²) in [7, 11) is -7.85. The van der Waals surface area contributed by atoms with Gasteiger partial charge in [-0.15, -0.1) is 0 Å². The molecule has 0 radical (unpaired) electrons. The van der Waals surface area contributed by atoms with Gasteiger partial charge in [-0.05, 0) is 72.8 Å². The zero-order valence-electron chi connectivity index (χ0n) is 34.3. The lowest BCUT2D eigenvalue weighted by atomic mass is 9.91. The lowest BCUT2D eigenvalue weighted by Crippen LogP contribution is -2.54. The van der Waals surface area contributed by atoms with Gasteiger partial charge in [-0.25, -0.2) is 4.79 Å². The van der Waals surface area contributed by atoms with Crippen LogP contribution in [0.25, 0.3) is 0 Å². The van der Waals surface area contributed by atoms with Gasteiger partial charge in [-0.3, -0.25) is 8.37 Å². The average molecular weight is 863 g/mol. The molecule has 1 amide bonds. The second-order valence-corrected chi connectivity index (χ2v) is 21.4. The molecular weight excluding hydrogens is 801 g/mol. The third-order valence-corrected chi connectivity index (χ3v) is 14.7. The number of amides is 1. The van der Waals surface area contributed by atoms with E-state index in [1.54, 1.807) is 0 Å². The molecule has 6 aliphatic heterocycles. The highest BCUT2D eigenvalue weighted by molar-refractivity contribution is 7.84. The molecule has 7 rings (SSSR count). The number of benzene rings is 1. The number of nitrogens with two attached hydrogens (primary N) is 1. The number of hydrogen-bond acceptors (Lipinski definition) is 15. The highest BCUT2D eigenvalue weighted by Crippen LogP contribution is 2.41. The van der Waals surface area contributed by atoms with Crippen molar-refractivity contribution in [2.24, 2.45) is 5.73 Å². The first kappa shape index (κ1) is 45.5. The van der Waals surface area contributed by atoms with E-state index in [0.717, 1.165) is 5.56 Å². The van der Waals surface area contributed by atoms with Crippen molar-refractivity contribution >= 4 is 26.7 Å². The number of carbonyl (C=O) groups excluding carboxylic acids is 1. The van der Waals surface area contributed by atoms with E-state index < -0.39 is 68.9 Å². The van der Waals surface area contributed by atoms with Crippen molar-refractivity contribution in [2.45, 2.75) is 158 Å². The van der Waals surface area contributed by atoms with Crippen LogP contribution in [0.2, 0.25) is 0 Å². The predicted molar refractivity (Wildman–Crippen MR) is 209 cm³/mol. The third-order valence-electron chi connectivity index (χ3n) is 11.9. The Morgan fingerprint density at radius 2 is 1.19 bits per heavy atom. The first-order chi connectivity index (χ1) is 27.0. The highest BCUT2D eigenvalue weighted by atomic mass is 32.2. The Hall–Kier alpha value is -2.05. The number of alkyl carbamates (subject to hydrolysis) is 1. The fourth-order valence-corrected chi connectivity index (χ4v) is 10.5. The van der Waals surface area contributed by atoms with Crippen LogP contribution < -0.4 is 11.1 Å².